The highest BCUT2D eigenvalue weighted by Gasteiger charge is 2.17. The van der Waals surface area contributed by atoms with Crippen LogP contribution in [0.5, 0.6) is 0 Å². The van der Waals surface area contributed by atoms with Crippen LogP contribution in [0.25, 0.3) is 0 Å². The fourth-order valence-corrected chi connectivity index (χ4v) is 2.81. The maximum atomic E-state index is 3.57. The van der Waals surface area contributed by atoms with Gasteiger partial charge in [-0.2, -0.15) is 0 Å². The second-order valence-electron chi connectivity index (χ2n) is 3.48. The van der Waals surface area contributed by atoms with Gasteiger partial charge >= 0.3 is 0 Å². The van der Waals surface area contributed by atoms with Crippen molar-refractivity contribution in [3.05, 3.63) is 0 Å². The second kappa shape index (κ2) is 5.74. The van der Waals surface area contributed by atoms with Crippen molar-refractivity contribution >= 4 is 8.40 Å². The molecule has 0 heterocycles. The largest absolute Gasteiger partial charge is 0.326 e. The molecule has 3 heteroatoms. The predicted octanol–water partition coefficient (Wildman–Crippen LogP) is 1.69. The Morgan fingerprint density at radius 2 is 1.27 bits per heavy atom. The van der Waals surface area contributed by atoms with Crippen LogP contribution in [0.4, 0.5) is 0 Å². The van der Waals surface area contributed by atoms with Crippen LogP contribution >= 0.6 is 0 Å². The van der Waals surface area contributed by atoms with Crippen LogP contribution in [0.15, 0.2) is 0 Å². The molecule has 2 N–H and O–H groups in total. The minimum Gasteiger partial charge on any atom is -0.326 e. The van der Waals surface area contributed by atoms with Crippen molar-refractivity contribution in [1.29, 1.82) is 0 Å². The van der Waals surface area contributed by atoms with Gasteiger partial charge in [0.2, 0.25) is 0 Å². The first kappa shape index (κ1) is 11.1. The molecule has 0 aliphatic heterocycles. The van der Waals surface area contributed by atoms with E-state index in [0.717, 1.165) is 13.1 Å². The van der Waals surface area contributed by atoms with Gasteiger partial charge < -0.3 is 9.96 Å². The van der Waals surface area contributed by atoms with Crippen LogP contribution in [0.3, 0.4) is 0 Å². The maximum Gasteiger partial charge on any atom is 0.195 e. The van der Waals surface area contributed by atoms with E-state index in [2.05, 4.69) is 36.9 Å². The first-order valence-corrected chi connectivity index (χ1v) is 7.62. The van der Waals surface area contributed by atoms with Gasteiger partial charge in [0, 0.05) is 0 Å². The standard InChI is InChI=1S/C8H22N2Si/c1-5-7-9-11(3,4)10-8-6-2/h9-10H,5-8H2,1-4H3. The van der Waals surface area contributed by atoms with Crippen molar-refractivity contribution in [1.82, 2.24) is 9.96 Å². The summed E-state index contributed by atoms with van der Waals surface area (Å²) in [5.74, 6) is 0. The number of rotatable bonds is 6. The van der Waals surface area contributed by atoms with E-state index >= 15 is 0 Å². The van der Waals surface area contributed by atoms with Gasteiger partial charge in [-0.1, -0.05) is 13.8 Å². The summed E-state index contributed by atoms with van der Waals surface area (Å²) >= 11 is 0. The average Bonchev–Trinajstić information content (AvgIpc) is 1.97. The molecule has 0 aromatic carbocycles. The zero-order chi connectivity index (χ0) is 8.74. The van der Waals surface area contributed by atoms with Gasteiger partial charge in [0.05, 0.1) is 0 Å². The minimum absolute atomic E-state index is 1.15. The highest BCUT2D eigenvalue weighted by molar-refractivity contribution is 6.72. The summed E-state index contributed by atoms with van der Waals surface area (Å²) in [5, 5.41) is 0. The van der Waals surface area contributed by atoms with Crippen LogP contribution in [-0.4, -0.2) is 21.5 Å². The Hall–Kier alpha value is 0.137. The molecule has 0 bridgehead atoms. The lowest BCUT2D eigenvalue weighted by atomic mass is 10.5. The molecule has 0 aliphatic rings. The highest BCUT2D eigenvalue weighted by Crippen LogP contribution is 1.91. The lowest BCUT2D eigenvalue weighted by molar-refractivity contribution is 0.771. The van der Waals surface area contributed by atoms with Gasteiger partial charge in [0.25, 0.3) is 0 Å². The minimum atomic E-state index is -1.25. The third-order valence-electron chi connectivity index (χ3n) is 1.63. The molecule has 0 aromatic rings. The molecule has 0 radical (unpaired) electrons. The van der Waals surface area contributed by atoms with Crippen LogP contribution in [0, 0.1) is 0 Å². The molecule has 0 aliphatic carbocycles. The van der Waals surface area contributed by atoms with Crippen molar-refractivity contribution in [3.8, 4) is 0 Å². The molecule has 11 heavy (non-hydrogen) atoms. The third kappa shape index (κ3) is 6.53. The molecule has 0 amide bonds. The normalized spacial score (nSPS) is 12.0. The van der Waals surface area contributed by atoms with Gasteiger partial charge in [-0.15, -0.1) is 0 Å². The number of nitrogens with one attached hydrogen (secondary N) is 2. The first-order chi connectivity index (χ1) is 5.12. The van der Waals surface area contributed by atoms with Gasteiger partial charge in [-0.25, -0.2) is 0 Å². The lowest BCUT2D eigenvalue weighted by Crippen LogP contribution is -2.57. The van der Waals surface area contributed by atoms with Gasteiger partial charge in [0.15, 0.2) is 8.40 Å². The second-order valence-corrected chi connectivity index (χ2v) is 7.44. The Kier molecular flexibility index (Phi) is 5.82. The van der Waals surface area contributed by atoms with E-state index < -0.39 is 8.40 Å². The van der Waals surface area contributed by atoms with Gasteiger partial charge in [0.1, 0.15) is 0 Å². The summed E-state index contributed by atoms with van der Waals surface area (Å²) in [6.07, 6.45) is 2.45. The van der Waals surface area contributed by atoms with Gasteiger partial charge in [-0.05, 0) is 39.0 Å². The summed E-state index contributed by atoms with van der Waals surface area (Å²) < 4.78 is 0. The summed E-state index contributed by atoms with van der Waals surface area (Å²) in [6, 6.07) is 0. The molecule has 2 nitrogen and oxygen atoms in total. The van der Waals surface area contributed by atoms with Crippen LogP contribution < -0.4 is 9.96 Å². The topological polar surface area (TPSA) is 24.1 Å². The first-order valence-electron chi connectivity index (χ1n) is 4.62. The maximum absolute atomic E-state index is 3.57. The summed E-state index contributed by atoms with van der Waals surface area (Å²) in [4.78, 5) is 7.14. The summed E-state index contributed by atoms with van der Waals surface area (Å²) in [7, 11) is -1.25. The molecule has 0 rings (SSSR count). The van der Waals surface area contributed by atoms with E-state index in [1.807, 2.05) is 0 Å². The quantitative estimate of drug-likeness (QED) is 0.599. The fraction of sp³-hybridized carbons (Fsp3) is 1.00. The monoisotopic (exact) mass is 174 g/mol. The van der Waals surface area contributed by atoms with Crippen molar-refractivity contribution in [2.24, 2.45) is 0 Å². The molecule has 0 saturated carbocycles. The zero-order valence-corrected chi connectivity index (χ0v) is 9.33. The van der Waals surface area contributed by atoms with E-state index in [9.17, 15) is 0 Å². The molecule has 0 spiro atoms. The fourth-order valence-electron chi connectivity index (χ4n) is 0.937. The van der Waals surface area contributed by atoms with E-state index in [1.54, 1.807) is 0 Å². The van der Waals surface area contributed by atoms with Crippen molar-refractivity contribution in [3.63, 3.8) is 0 Å². The molecule has 0 atom stereocenters. The van der Waals surface area contributed by atoms with Gasteiger partial charge in [-0.3, -0.25) is 0 Å². The van der Waals surface area contributed by atoms with E-state index in [1.165, 1.54) is 12.8 Å². The Morgan fingerprint density at radius 1 is 0.909 bits per heavy atom. The third-order valence-corrected chi connectivity index (χ3v) is 3.90. The Balaban J connectivity index is 3.43. The molecule has 0 aromatic heterocycles. The predicted molar refractivity (Wildman–Crippen MR) is 54.1 cm³/mol. The molecular formula is C8H22N2Si. The van der Waals surface area contributed by atoms with Crippen LogP contribution in [0.2, 0.25) is 13.1 Å². The number of hydrogen-bond acceptors (Lipinski definition) is 2. The average molecular weight is 174 g/mol. The van der Waals surface area contributed by atoms with Crippen LogP contribution in [0.1, 0.15) is 26.7 Å². The molecule has 68 valence electrons. The molecule has 0 saturated heterocycles. The van der Waals surface area contributed by atoms with Crippen molar-refractivity contribution in [2.75, 3.05) is 13.1 Å². The highest BCUT2D eigenvalue weighted by atomic mass is 28.3. The number of hydrogen-bond donors (Lipinski definition) is 2. The summed E-state index contributed by atoms with van der Waals surface area (Å²) in [6.45, 7) is 11.3. The van der Waals surface area contributed by atoms with Crippen molar-refractivity contribution < 1.29 is 0 Å². The van der Waals surface area contributed by atoms with E-state index in [4.69, 9.17) is 0 Å². The Bertz CT molecular complexity index is 84.1. The van der Waals surface area contributed by atoms with Crippen LogP contribution in [-0.2, 0) is 0 Å². The zero-order valence-electron chi connectivity index (χ0n) is 8.33. The Morgan fingerprint density at radius 3 is 1.55 bits per heavy atom. The Labute approximate surface area is 71.9 Å². The van der Waals surface area contributed by atoms with E-state index in [0.29, 0.717) is 0 Å². The molecular weight excluding hydrogens is 152 g/mol. The SMILES string of the molecule is CCCN[Si](C)(C)NCCC. The lowest BCUT2D eigenvalue weighted by Gasteiger charge is -2.24. The molecule has 0 fully saturated rings. The molecule has 0 unspecified atom stereocenters. The smallest absolute Gasteiger partial charge is 0.195 e. The van der Waals surface area contributed by atoms with E-state index in [-0.39, 0.29) is 0 Å². The summed E-state index contributed by atoms with van der Waals surface area (Å²) in [5.41, 5.74) is 0. The van der Waals surface area contributed by atoms with Crippen molar-refractivity contribution in [2.45, 2.75) is 39.8 Å².